The summed E-state index contributed by atoms with van der Waals surface area (Å²) < 4.78 is 28.7. The molecule has 0 spiro atoms. The first-order valence-electron chi connectivity index (χ1n) is 8.10. The number of aromatic nitrogens is 3. The third-order valence-electron chi connectivity index (χ3n) is 4.14. The van der Waals surface area contributed by atoms with Gasteiger partial charge in [-0.2, -0.15) is 4.98 Å². The van der Waals surface area contributed by atoms with Gasteiger partial charge in [-0.1, -0.05) is 23.8 Å². The number of benzene rings is 2. The minimum atomic E-state index is -0.814. The molecule has 0 unspecified atom stereocenters. The van der Waals surface area contributed by atoms with Crippen LogP contribution in [0.3, 0.4) is 0 Å². The van der Waals surface area contributed by atoms with Gasteiger partial charge in [-0.3, -0.25) is 10.1 Å². The summed E-state index contributed by atoms with van der Waals surface area (Å²) in [5, 5.41) is 8.66. The van der Waals surface area contributed by atoms with E-state index in [0.717, 1.165) is 40.6 Å². The molecule has 136 valence electrons. The van der Waals surface area contributed by atoms with Crippen molar-refractivity contribution in [3.63, 3.8) is 0 Å². The van der Waals surface area contributed by atoms with Crippen molar-refractivity contribution in [2.75, 3.05) is 5.32 Å². The Morgan fingerprint density at radius 1 is 1.15 bits per heavy atom. The number of fused-ring (bicyclic) bond motifs is 1. The number of thiazole rings is 1. The summed E-state index contributed by atoms with van der Waals surface area (Å²) in [5.74, 6) is -2.29. The van der Waals surface area contributed by atoms with Crippen molar-refractivity contribution in [3.8, 4) is 11.3 Å². The molecule has 0 aliphatic rings. The monoisotopic (exact) mass is 384 g/mol. The van der Waals surface area contributed by atoms with E-state index in [4.69, 9.17) is 0 Å². The van der Waals surface area contributed by atoms with Gasteiger partial charge in [0.2, 0.25) is 4.96 Å². The Balaban J connectivity index is 1.68. The number of halogens is 2. The summed E-state index contributed by atoms with van der Waals surface area (Å²) in [6.45, 7) is 4.03. The van der Waals surface area contributed by atoms with E-state index in [1.165, 1.54) is 11.3 Å². The molecule has 5 nitrogen and oxygen atoms in total. The van der Waals surface area contributed by atoms with Crippen molar-refractivity contribution >= 4 is 28.2 Å². The highest BCUT2D eigenvalue weighted by atomic mass is 32.1. The SMILES string of the molecule is Cc1ccc(-c2csc3nc(NC(=O)c4cc(F)ccc4F)nn23)c(C)c1. The van der Waals surface area contributed by atoms with Gasteiger partial charge in [0.15, 0.2) is 0 Å². The zero-order chi connectivity index (χ0) is 19.1. The molecular formula is C19H14F2N4OS. The highest BCUT2D eigenvalue weighted by Gasteiger charge is 2.17. The molecule has 4 aromatic rings. The van der Waals surface area contributed by atoms with Crippen LogP contribution >= 0.6 is 11.3 Å². The third kappa shape index (κ3) is 3.19. The second-order valence-corrected chi connectivity index (χ2v) is 6.98. The first-order valence-corrected chi connectivity index (χ1v) is 8.98. The first-order chi connectivity index (χ1) is 12.9. The fraction of sp³-hybridized carbons (Fsp3) is 0.105. The fourth-order valence-corrected chi connectivity index (χ4v) is 3.68. The highest BCUT2D eigenvalue weighted by molar-refractivity contribution is 7.15. The predicted molar refractivity (Wildman–Crippen MR) is 100 cm³/mol. The Kier molecular flexibility index (Phi) is 4.19. The molecule has 2 aromatic carbocycles. The minimum Gasteiger partial charge on any atom is -0.289 e. The van der Waals surface area contributed by atoms with Crippen LogP contribution in [0, 0.1) is 25.5 Å². The number of anilines is 1. The van der Waals surface area contributed by atoms with Crippen molar-refractivity contribution in [2.45, 2.75) is 13.8 Å². The van der Waals surface area contributed by atoms with E-state index in [1.54, 1.807) is 4.52 Å². The van der Waals surface area contributed by atoms with Gasteiger partial charge in [0.25, 0.3) is 11.9 Å². The van der Waals surface area contributed by atoms with Crippen molar-refractivity contribution in [1.29, 1.82) is 0 Å². The molecule has 1 amide bonds. The van der Waals surface area contributed by atoms with Crippen LogP contribution in [0.2, 0.25) is 0 Å². The molecule has 2 aromatic heterocycles. The molecule has 1 N–H and O–H groups in total. The molecule has 8 heteroatoms. The predicted octanol–water partition coefficient (Wildman–Crippen LogP) is 4.61. The molecule has 0 fully saturated rings. The van der Waals surface area contributed by atoms with Gasteiger partial charge in [0, 0.05) is 10.9 Å². The number of hydrogen-bond acceptors (Lipinski definition) is 4. The standard InChI is InChI=1S/C19H14F2N4OS/c1-10-3-5-13(11(2)7-10)16-9-27-19-23-18(24-25(16)19)22-17(26)14-8-12(20)4-6-15(14)21/h3-9H,1-2H3,(H,22,24,26). The van der Waals surface area contributed by atoms with Crippen LogP contribution < -0.4 is 5.32 Å². The summed E-state index contributed by atoms with van der Waals surface area (Å²) in [6.07, 6.45) is 0. The molecule has 0 atom stereocenters. The molecule has 4 rings (SSSR count). The quantitative estimate of drug-likeness (QED) is 0.561. The van der Waals surface area contributed by atoms with Crippen LogP contribution in [0.5, 0.6) is 0 Å². The average molecular weight is 384 g/mol. The number of nitrogens with one attached hydrogen (secondary N) is 1. The maximum atomic E-state index is 13.8. The summed E-state index contributed by atoms with van der Waals surface area (Å²) in [7, 11) is 0. The Morgan fingerprint density at radius 2 is 1.96 bits per heavy atom. The summed E-state index contributed by atoms with van der Waals surface area (Å²) in [4.78, 5) is 17.1. The van der Waals surface area contributed by atoms with E-state index < -0.39 is 23.1 Å². The second-order valence-electron chi connectivity index (χ2n) is 6.15. The van der Waals surface area contributed by atoms with Crippen LogP contribution in [0.4, 0.5) is 14.7 Å². The normalized spacial score (nSPS) is 11.1. The topological polar surface area (TPSA) is 59.3 Å². The average Bonchev–Trinajstić information content (AvgIpc) is 3.17. The second kappa shape index (κ2) is 6.55. The van der Waals surface area contributed by atoms with Crippen molar-refractivity contribution in [3.05, 3.63) is 70.1 Å². The van der Waals surface area contributed by atoms with Crippen molar-refractivity contribution in [1.82, 2.24) is 14.6 Å². The van der Waals surface area contributed by atoms with Crippen LogP contribution in [0.15, 0.2) is 41.8 Å². The summed E-state index contributed by atoms with van der Waals surface area (Å²) in [6, 6.07) is 8.79. The van der Waals surface area contributed by atoms with E-state index in [9.17, 15) is 13.6 Å². The lowest BCUT2D eigenvalue weighted by Gasteiger charge is -2.05. The lowest BCUT2D eigenvalue weighted by molar-refractivity contribution is 0.102. The van der Waals surface area contributed by atoms with Crippen LogP contribution in [0.1, 0.15) is 21.5 Å². The molecular weight excluding hydrogens is 370 g/mol. The van der Waals surface area contributed by atoms with Crippen LogP contribution in [-0.2, 0) is 0 Å². The van der Waals surface area contributed by atoms with E-state index in [-0.39, 0.29) is 5.95 Å². The lowest BCUT2D eigenvalue weighted by atomic mass is 10.0. The number of nitrogens with zero attached hydrogens (tertiary/aromatic N) is 3. The number of hydrogen-bond donors (Lipinski definition) is 1. The largest absolute Gasteiger partial charge is 0.289 e. The zero-order valence-electron chi connectivity index (χ0n) is 14.5. The maximum absolute atomic E-state index is 13.8. The minimum absolute atomic E-state index is 0.0292. The Bertz CT molecular complexity index is 1180. The van der Waals surface area contributed by atoms with Gasteiger partial charge in [-0.05, 0) is 37.6 Å². The van der Waals surface area contributed by atoms with E-state index >= 15 is 0 Å². The van der Waals surface area contributed by atoms with E-state index in [1.807, 2.05) is 31.4 Å². The molecule has 2 heterocycles. The number of aryl methyl sites for hydroxylation is 2. The van der Waals surface area contributed by atoms with E-state index in [0.29, 0.717) is 4.96 Å². The Labute approximate surface area is 157 Å². The van der Waals surface area contributed by atoms with Gasteiger partial charge in [0.1, 0.15) is 11.6 Å². The van der Waals surface area contributed by atoms with Crippen LogP contribution in [0.25, 0.3) is 16.2 Å². The van der Waals surface area contributed by atoms with Crippen LogP contribution in [-0.4, -0.2) is 20.5 Å². The molecule has 27 heavy (non-hydrogen) atoms. The highest BCUT2D eigenvalue weighted by Crippen LogP contribution is 2.29. The number of carbonyl (C=O) groups excluding carboxylic acids is 1. The van der Waals surface area contributed by atoms with Gasteiger partial charge in [-0.15, -0.1) is 16.4 Å². The summed E-state index contributed by atoms with van der Waals surface area (Å²) >= 11 is 1.37. The van der Waals surface area contributed by atoms with Crippen molar-refractivity contribution < 1.29 is 13.6 Å². The molecule has 0 saturated carbocycles. The van der Waals surface area contributed by atoms with Gasteiger partial charge < -0.3 is 0 Å². The fourth-order valence-electron chi connectivity index (χ4n) is 2.86. The smallest absolute Gasteiger partial charge is 0.261 e. The van der Waals surface area contributed by atoms with Gasteiger partial charge in [0.05, 0.1) is 11.3 Å². The molecule has 0 saturated heterocycles. The molecule has 0 bridgehead atoms. The Hall–Kier alpha value is -3.13. The first kappa shape index (κ1) is 17.3. The molecule has 0 aliphatic heterocycles. The summed E-state index contributed by atoms with van der Waals surface area (Å²) in [5.41, 5.74) is 3.70. The van der Waals surface area contributed by atoms with Gasteiger partial charge >= 0.3 is 0 Å². The zero-order valence-corrected chi connectivity index (χ0v) is 15.3. The number of amides is 1. The van der Waals surface area contributed by atoms with E-state index in [2.05, 4.69) is 21.5 Å². The molecule has 0 aliphatic carbocycles. The van der Waals surface area contributed by atoms with Gasteiger partial charge in [-0.25, -0.2) is 13.3 Å². The van der Waals surface area contributed by atoms with Crippen molar-refractivity contribution in [2.24, 2.45) is 0 Å². The number of rotatable bonds is 3. The maximum Gasteiger partial charge on any atom is 0.261 e. The number of carbonyl (C=O) groups is 1. The molecule has 0 radical (unpaired) electrons. The Morgan fingerprint density at radius 3 is 2.74 bits per heavy atom. The third-order valence-corrected chi connectivity index (χ3v) is 4.95. The lowest BCUT2D eigenvalue weighted by Crippen LogP contribution is -2.15.